The van der Waals surface area contributed by atoms with E-state index < -0.39 is 11.0 Å². The van der Waals surface area contributed by atoms with Gasteiger partial charge in [0.15, 0.2) is 0 Å². The lowest BCUT2D eigenvalue weighted by Gasteiger charge is -2.27. The summed E-state index contributed by atoms with van der Waals surface area (Å²) in [7, 11) is 1.60. The van der Waals surface area contributed by atoms with Gasteiger partial charge in [0.1, 0.15) is 0 Å². The number of nitrogens with zero attached hydrogens (tertiary/aromatic N) is 2. The number of hydrogen-bond acceptors (Lipinski definition) is 5. The number of carbonyl (C=O) groups is 1. The van der Waals surface area contributed by atoms with E-state index in [-0.39, 0.29) is 17.6 Å². The summed E-state index contributed by atoms with van der Waals surface area (Å²) in [6, 6.07) is 3.89. The molecule has 1 aliphatic heterocycles. The van der Waals surface area contributed by atoms with Gasteiger partial charge < -0.3 is 15.3 Å². The molecule has 1 aromatic rings. The van der Waals surface area contributed by atoms with Crippen molar-refractivity contribution in [1.29, 1.82) is 0 Å². The number of aliphatic hydroxyl groups is 1. The molecule has 20 heavy (non-hydrogen) atoms. The van der Waals surface area contributed by atoms with Gasteiger partial charge in [-0.25, -0.2) is 0 Å². The fraction of sp³-hybridized carbons (Fsp3) is 0.462. The summed E-state index contributed by atoms with van der Waals surface area (Å²) in [5, 5.41) is 23.6. The van der Waals surface area contributed by atoms with Crippen molar-refractivity contribution in [3.05, 3.63) is 39.4 Å². The van der Waals surface area contributed by atoms with E-state index in [9.17, 15) is 20.0 Å². The number of likely N-dealkylation sites (N-methyl/N-ethyl adjacent to an activating group) is 1. The Morgan fingerprint density at radius 2 is 2.20 bits per heavy atom. The van der Waals surface area contributed by atoms with Crippen LogP contribution in [0.25, 0.3) is 0 Å². The Kier molecular flexibility index (Phi) is 4.01. The van der Waals surface area contributed by atoms with Crippen molar-refractivity contribution in [3.63, 3.8) is 0 Å². The molecule has 0 unspecified atom stereocenters. The highest BCUT2D eigenvalue weighted by molar-refractivity contribution is 5.96. The van der Waals surface area contributed by atoms with Crippen LogP contribution in [0.4, 0.5) is 5.69 Å². The average molecular weight is 279 g/mol. The first-order valence-corrected chi connectivity index (χ1v) is 6.33. The first-order chi connectivity index (χ1) is 9.41. The first-order valence-electron chi connectivity index (χ1n) is 6.33. The molecule has 0 aliphatic carbocycles. The van der Waals surface area contributed by atoms with E-state index in [2.05, 4.69) is 5.32 Å². The molecule has 0 bridgehead atoms. The maximum atomic E-state index is 12.4. The number of aryl methyl sites for hydroxylation is 1. The Morgan fingerprint density at radius 1 is 1.50 bits per heavy atom. The fourth-order valence-electron chi connectivity index (χ4n) is 2.34. The third-order valence-electron chi connectivity index (χ3n) is 3.63. The Morgan fingerprint density at radius 3 is 2.75 bits per heavy atom. The molecule has 7 nitrogen and oxygen atoms in total. The number of hydrogen-bond donors (Lipinski definition) is 2. The monoisotopic (exact) mass is 279 g/mol. The van der Waals surface area contributed by atoms with Gasteiger partial charge >= 0.3 is 0 Å². The summed E-state index contributed by atoms with van der Waals surface area (Å²) in [4.78, 5) is 24.1. The van der Waals surface area contributed by atoms with Crippen molar-refractivity contribution in [2.24, 2.45) is 0 Å². The van der Waals surface area contributed by atoms with Gasteiger partial charge in [-0.3, -0.25) is 14.9 Å². The summed E-state index contributed by atoms with van der Waals surface area (Å²) in [5.41, 5.74) is 0.853. The number of carbonyl (C=O) groups excluding carboxylic acids is 1. The summed E-state index contributed by atoms with van der Waals surface area (Å²) in [6.45, 7) is 2.68. The maximum Gasteiger partial charge on any atom is 0.270 e. The van der Waals surface area contributed by atoms with E-state index in [0.717, 1.165) is 0 Å². The van der Waals surface area contributed by atoms with Gasteiger partial charge in [0.05, 0.1) is 17.1 Å². The number of nitrogens with one attached hydrogen (secondary N) is 1. The number of nitro groups is 1. The van der Waals surface area contributed by atoms with Crippen LogP contribution in [0.5, 0.6) is 0 Å². The highest BCUT2D eigenvalue weighted by atomic mass is 16.6. The number of amides is 1. The van der Waals surface area contributed by atoms with Crippen LogP contribution in [0.2, 0.25) is 0 Å². The second kappa shape index (κ2) is 5.56. The standard InChI is InChI=1S/C13H17N3O4/c1-8-3-4-9(16(19)20)5-10(8)13(18)15(2)11-6-14-7-12(11)17/h3-5,11-12,14,17H,6-7H2,1-2H3/t11-,12-/m0/s1. The quantitative estimate of drug-likeness (QED) is 0.613. The lowest BCUT2D eigenvalue weighted by molar-refractivity contribution is -0.384. The zero-order valence-electron chi connectivity index (χ0n) is 11.4. The molecule has 2 atom stereocenters. The van der Waals surface area contributed by atoms with E-state index in [1.807, 2.05) is 0 Å². The fourth-order valence-corrected chi connectivity index (χ4v) is 2.34. The molecule has 1 aliphatic rings. The Hall–Kier alpha value is -1.99. The molecule has 1 aromatic carbocycles. The third-order valence-corrected chi connectivity index (χ3v) is 3.63. The SMILES string of the molecule is Cc1ccc([N+](=O)[O-])cc1C(=O)N(C)[C@H]1CNC[C@@H]1O. The number of aliphatic hydroxyl groups excluding tert-OH is 1. The molecule has 1 fully saturated rings. The van der Waals surface area contributed by atoms with E-state index in [4.69, 9.17) is 0 Å². The van der Waals surface area contributed by atoms with Gasteiger partial charge in [0, 0.05) is 37.8 Å². The van der Waals surface area contributed by atoms with Crippen molar-refractivity contribution in [2.45, 2.75) is 19.1 Å². The minimum atomic E-state index is -0.622. The normalized spacial score (nSPS) is 21.8. The van der Waals surface area contributed by atoms with Crippen molar-refractivity contribution in [1.82, 2.24) is 10.2 Å². The lowest BCUT2D eigenvalue weighted by atomic mass is 10.1. The van der Waals surface area contributed by atoms with Gasteiger partial charge in [-0.1, -0.05) is 6.07 Å². The first kappa shape index (κ1) is 14.4. The van der Waals surface area contributed by atoms with Gasteiger partial charge in [0.25, 0.3) is 11.6 Å². The Bertz CT molecular complexity index is 546. The minimum Gasteiger partial charge on any atom is -0.390 e. The van der Waals surface area contributed by atoms with Gasteiger partial charge in [-0.05, 0) is 12.5 Å². The molecule has 1 amide bonds. The zero-order valence-corrected chi connectivity index (χ0v) is 11.4. The van der Waals surface area contributed by atoms with E-state index in [1.165, 1.54) is 17.0 Å². The number of β-amino-alcohol motifs (C(OH)–C–C–N with tert-alkyl or cyclic N) is 1. The number of non-ortho nitro benzene ring substituents is 1. The van der Waals surface area contributed by atoms with Crippen molar-refractivity contribution < 1.29 is 14.8 Å². The van der Waals surface area contributed by atoms with Crippen molar-refractivity contribution >= 4 is 11.6 Å². The molecule has 0 radical (unpaired) electrons. The highest BCUT2D eigenvalue weighted by Gasteiger charge is 2.32. The molecular weight excluding hydrogens is 262 g/mol. The van der Waals surface area contributed by atoms with E-state index in [0.29, 0.717) is 24.2 Å². The van der Waals surface area contributed by atoms with Gasteiger partial charge in [0.2, 0.25) is 0 Å². The van der Waals surface area contributed by atoms with Crippen LogP contribution in [-0.2, 0) is 0 Å². The second-order valence-corrected chi connectivity index (χ2v) is 4.97. The summed E-state index contributed by atoms with van der Waals surface area (Å²) < 4.78 is 0. The van der Waals surface area contributed by atoms with Gasteiger partial charge in [-0.15, -0.1) is 0 Å². The van der Waals surface area contributed by atoms with E-state index in [1.54, 1.807) is 20.0 Å². The van der Waals surface area contributed by atoms with Crippen LogP contribution in [0.1, 0.15) is 15.9 Å². The van der Waals surface area contributed by atoms with Crippen LogP contribution in [-0.4, -0.2) is 53.1 Å². The van der Waals surface area contributed by atoms with Crippen molar-refractivity contribution in [2.75, 3.05) is 20.1 Å². The predicted molar refractivity (Wildman–Crippen MR) is 72.6 cm³/mol. The van der Waals surface area contributed by atoms with Crippen LogP contribution in [0.15, 0.2) is 18.2 Å². The second-order valence-electron chi connectivity index (χ2n) is 4.97. The minimum absolute atomic E-state index is 0.113. The number of benzene rings is 1. The smallest absolute Gasteiger partial charge is 0.270 e. The molecule has 0 aromatic heterocycles. The maximum absolute atomic E-state index is 12.4. The van der Waals surface area contributed by atoms with Crippen LogP contribution in [0.3, 0.4) is 0 Å². The molecule has 7 heteroatoms. The summed E-state index contributed by atoms with van der Waals surface area (Å²) in [6.07, 6.45) is -0.622. The average Bonchev–Trinajstić information content (AvgIpc) is 2.83. The molecule has 2 N–H and O–H groups in total. The molecular formula is C13H17N3O4. The van der Waals surface area contributed by atoms with Crippen LogP contribution in [0, 0.1) is 17.0 Å². The lowest BCUT2D eigenvalue weighted by Crippen LogP contribution is -2.44. The summed E-state index contributed by atoms with van der Waals surface area (Å²) >= 11 is 0. The Balaban J connectivity index is 2.28. The molecule has 0 saturated carbocycles. The van der Waals surface area contributed by atoms with E-state index >= 15 is 0 Å². The van der Waals surface area contributed by atoms with Crippen LogP contribution < -0.4 is 5.32 Å². The molecule has 1 saturated heterocycles. The Labute approximate surface area is 116 Å². The van der Waals surface area contributed by atoms with Crippen molar-refractivity contribution in [3.8, 4) is 0 Å². The highest BCUT2D eigenvalue weighted by Crippen LogP contribution is 2.20. The summed E-state index contributed by atoms with van der Waals surface area (Å²) in [5.74, 6) is -0.320. The molecule has 108 valence electrons. The predicted octanol–water partition coefficient (Wildman–Crippen LogP) is 0.308. The number of nitro benzene ring substituents is 1. The van der Waals surface area contributed by atoms with Gasteiger partial charge in [-0.2, -0.15) is 0 Å². The number of rotatable bonds is 3. The largest absolute Gasteiger partial charge is 0.390 e. The molecule has 0 spiro atoms. The topological polar surface area (TPSA) is 95.7 Å². The van der Waals surface area contributed by atoms with Crippen LogP contribution >= 0.6 is 0 Å². The third kappa shape index (κ3) is 2.63. The molecule has 2 rings (SSSR count). The zero-order chi connectivity index (χ0) is 14.9. The molecule has 1 heterocycles.